The molecule has 0 bridgehead atoms. The van der Waals surface area contributed by atoms with E-state index in [1.165, 1.54) is 29.3 Å². The fraction of sp³-hybridized carbons (Fsp3) is 0.174. The second kappa shape index (κ2) is 8.91. The van der Waals surface area contributed by atoms with Gasteiger partial charge < -0.3 is 10.1 Å². The van der Waals surface area contributed by atoms with Crippen LogP contribution in [0.4, 0.5) is 5.69 Å². The summed E-state index contributed by atoms with van der Waals surface area (Å²) >= 11 is 7.51. The lowest BCUT2D eigenvalue weighted by molar-refractivity contribution is -0.119. The third kappa shape index (κ3) is 4.19. The van der Waals surface area contributed by atoms with Gasteiger partial charge in [0.15, 0.2) is 0 Å². The molecule has 0 fully saturated rings. The number of ether oxygens (including phenoxy) is 1. The number of benzene rings is 2. The molecule has 2 aromatic carbocycles. The smallest absolute Gasteiger partial charge is 0.262 e. The van der Waals surface area contributed by atoms with Crippen LogP contribution in [0.1, 0.15) is 19.4 Å². The number of nitrogens with zero attached hydrogens (tertiary/aromatic N) is 2. The lowest BCUT2D eigenvalue weighted by atomic mass is 10.1. The second-order valence-electron chi connectivity index (χ2n) is 6.91. The molecule has 0 spiro atoms. The van der Waals surface area contributed by atoms with Gasteiger partial charge in [-0.05, 0) is 36.2 Å². The van der Waals surface area contributed by atoms with Gasteiger partial charge in [-0.1, -0.05) is 48.9 Å². The first-order valence-electron chi connectivity index (χ1n) is 9.72. The lowest BCUT2D eigenvalue weighted by Crippen LogP contribution is -2.33. The van der Waals surface area contributed by atoms with Crippen LogP contribution >= 0.6 is 22.9 Å². The van der Waals surface area contributed by atoms with Crippen LogP contribution in [-0.2, 0) is 4.79 Å². The summed E-state index contributed by atoms with van der Waals surface area (Å²) in [5, 5.41) is 3.79. The molecule has 4 rings (SSSR count). The zero-order chi connectivity index (χ0) is 22.0. The van der Waals surface area contributed by atoms with Crippen LogP contribution < -0.4 is 15.6 Å². The van der Waals surface area contributed by atoms with E-state index in [1.54, 1.807) is 18.2 Å². The van der Waals surface area contributed by atoms with Crippen LogP contribution in [0.25, 0.3) is 20.7 Å². The molecular weight excluding hydrogens is 434 g/mol. The molecule has 8 heteroatoms. The zero-order valence-corrected chi connectivity index (χ0v) is 18.5. The highest BCUT2D eigenvalue weighted by Crippen LogP contribution is 2.31. The van der Waals surface area contributed by atoms with Crippen molar-refractivity contribution in [2.24, 2.45) is 0 Å². The van der Waals surface area contributed by atoms with E-state index in [0.29, 0.717) is 33.1 Å². The van der Waals surface area contributed by atoms with E-state index >= 15 is 0 Å². The maximum Gasteiger partial charge on any atom is 0.262 e. The molecule has 2 aromatic heterocycles. The topological polar surface area (TPSA) is 73.2 Å². The Morgan fingerprint density at radius 1 is 1.23 bits per heavy atom. The zero-order valence-electron chi connectivity index (χ0n) is 17.0. The van der Waals surface area contributed by atoms with Crippen molar-refractivity contribution in [3.05, 3.63) is 76.3 Å². The van der Waals surface area contributed by atoms with Gasteiger partial charge in [0.1, 0.15) is 16.6 Å². The van der Waals surface area contributed by atoms with E-state index in [1.807, 2.05) is 43.3 Å². The summed E-state index contributed by atoms with van der Waals surface area (Å²) in [6.07, 6.45) is 1.86. The maximum atomic E-state index is 13.2. The van der Waals surface area contributed by atoms with Gasteiger partial charge in [-0.25, -0.2) is 4.98 Å². The molecule has 6 nitrogen and oxygen atoms in total. The Bertz CT molecular complexity index is 1300. The fourth-order valence-electron chi connectivity index (χ4n) is 3.41. The third-order valence-corrected chi connectivity index (χ3v) is 6.31. The van der Waals surface area contributed by atoms with Gasteiger partial charge in [0.2, 0.25) is 5.91 Å². The summed E-state index contributed by atoms with van der Waals surface area (Å²) < 4.78 is 6.68. The third-order valence-electron chi connectivity index (χ3n) is 4.98. The van der Waals surface area contributed by atoms with Gasteiger partial charge in [0, 0.05) is 9.90 Å². The Kier molecular flexibility index (Phi) is 6.06. The Labute approximate surface area is 188 Å². The highest BCUT2D eigenvalue weighted by Gasteiger charge is 2.23. The monoisotopic (exact) mass is 453 g/mol. The summed E-state index contributed by atoms with van der Waals surface area (Å²) in [5.41, 5.74) is 1.22. The van der Waals surface area contributed by atoms with Crippen molar-refractivity contribution in [1.82, 2.24) is 9.55 Å². The Balaban J connectivity index is 1.69. The molecular formula is C23H20ClN3O3S. The SMILES string of the molecule is CCC(C(=O)Nc1cc(Cl)ccc1OC)n1cnc2sc(-c3ccccc3)cc2c1=O. The molecule has 0 radical (unpaired) electrons. The van der Waals surface area contributed by atoms with E-state index in [4.69, 9.17) is 16.3 Å². The van der Waals surface area contributed by atoms with Crippen molar-refractivity contribution in [2.45, 2.75) is 19.4 Å². The van der Waals surface area contributed by atoms with Crippen molar-refractivity contribution in [3.8, 4) is 16.2 Å². The molecule has 2 heterocycles. The average molecular weight is 454 g/mol. The number of carbonyl (C=O) groups is 1. The van der Waals surface area contributed by atoms with E-state index in [0.717, 1.165) is 10.4 Å². The Morgan fingerprint density at radius 3 is 2.71 bits per heavy atom. The fourth-order valence-corrected chi connectivity index (χ4v) is 4.57. The highest BCUT2D eigenvalue weighted by atomic mass is 35.5. The van der Waals surface area contributed by atoms with Gasteiger partial charge in [-0.3, -0.25) is 14.2 Å². The Hall–Kier alpha value is -3.16. The first kappa shape index (κ1) is 21.1. The summed E-state index contributed by atoms with van der Waals surface area (Å²) in [5.74, 6) is 0.142. The van der Waals surface area contributed by atoms with E-state index in [9.17, 15) is 9.59 Å². The normalized spacial score (nSPS) is 12.0. The molecule has 1 atom stereocenters. The summed E-state index contributed by atoms with van der Waals surface area (Å²) in [7, 11) is 1.51. The van der Waals surface area contributed by atoms with Gasteiger partial charge >= 0.3 is 0 Å². The molecule has 1 N–H and O–H groups in total. The molecule has 1 amide bonds. The molecule has 158 valence electrons. The van der Waals surface area contributed by atoms with Crippen LogP contribution in [0, 0.1) is 0 Å². The van der Waals surface area contributed by atoms with Crippen LogP contribution in [0.15, 0.2) is 65.7 Å². The van der Waals surface area contributed by atoms with Gasteiger partial charge in [-0.15, -0.1) is 11.3 Å². The molecule has 0 saturated carbocycles. The number of thiophene rings is 1. The maximum absolute atomic E-state index is 13.2. The largest absolute Gasteiger partial charge is 0.495 e. The number of methoxy groups -OCH3 is 1. The predicted molar refractivity (Wildman–Crippen MR) is 125 cm³/mol. The minimum Gasteiger partial charge on any atom is -0.495 e. The number of carbonyl (C=O) groups excluding carboxylic acids is 1. The summed E-state index contributed by atoms with van der Waals surface area (Å²) in [6.45, 7) is 1.85. The molecule has 1 unspecified atom stereocenters. The van der Waals surface area contributed by atoms with E-state index in [2.05, 4.69) is 10.3 Å². The van der Waals surface area contributed by atoms with Crippen LogP contribution in [0.2, 0.25) is 5.02 Å². The van der Waals surface area contributed by atoms with Crippen molar-refractivity contribution < 1.29 is 9.53 Å². The first-order valence-corrected chi connectivity index (χ1v) is 10.9. The van der Waals surface area contributed by atoms with Gasteiger partial charge in [0.05, 0.1) is 24.5 Å². The van der Waals surface area contributed by atoms with Crippen LogP contribution in [-0.4, -0.2) is 22.6 Å². The number of rotatable bonds is 6. The van der Waals surface area contributed by atoms with E-state index in [-0.39, 0.29) is 11.5 Å². The van der Waals surface area contributed by atoms with Crippen LogP contribution in [0.5, 0.6) is 5.75 Å². The number of nitrogens with one attached hydrogen (secondary N) is 1. The Morgan fingerprint density at radius 2 is 2.00 bits per heavy atom. The summed E-state index contributed by atoms with van der Waals surface area (Å²) in [6, 6.07) is 15.9. The lowest BCUT2D eigenvalue weighted by Gasteiger charge is -2.18. The number of hydrogen-bond acceptors (Lipinski definition) is 5. The number of aromatic nitrogens is 2. The molecule has 0 aliphatic carbocycles. The van der Waals surface area contributed by atoms with Gasteiger partial charge in [-0.2, -0.15) is 0 Å². The average Bonchev–Trinajstić information content (AvgIpc) is 3.22. The number of halogens is 1. The minimum absolute atomic E-state index is 0.247. The summed E-state index contributed by atoms with van der Waals surface area (Å²) in [4.78, 5) is 32.3. The number of amides is 1. The van der Waals surface area contributed by atoms with E-state index < -0.39 is 6.04 Å². The standard InChI is InChI=1S/C23H20ClN3O3S/c1-3-18(21(28)26-17-11-15(24)9-10-19(17)30-2)27-13-25-22-16(23(27)29)12-20(31-22)14-7-5-4-6-8-14/h4-13,18H,3H2,1-2H3,(H,26,28). The number of anilines is 1. The first-order chi connectivity index (χ1) is 15.0. The van der Waals surface area contributed by atoms with Crippen molar-refractivity contribution >= 4 is 44.7 Å². The number of hydrogen-bond donors (Lipinski definition) is 1. The quantitative estimate of drug-likeness (QED) is 0.425. The molecule has 0 saturated heterocycles. The molecule has 31 heavy (non-hydrogen) atoms. The van der Waals surface area contributed by atoms with Crippen molar-refractivity contribution in [1.29, 1.82) is 0 Å². The highest BCUT2D eigenvalue weighted by molar-refractivity contribution is 7.21. The molecule has 4 aromatic rings. The predicted octanol–water partition coefficient (Wildman–Crippen LogP) is 5.38. The molecule has 0 aliphatic heterocycles. The minimum atomic E-state index is -0.729. The molecule has 0 aliphatic rings. The van der Waals surface area contributed by atoms with Crippen molar-refractivity contribution in [3.63, 3.8) is 0 Å². The van der Waals surface area contributed by atoms with Gasteiger partial charge in [0.25, 0.3) is 5.56 Å². The second-order valence-corrected chi connectivity index (χ2v) is 8.38. The number of fused-ring (bicyclic) bond motifs is 1. The van der Waals surface area contributed by atoms with Crippen LogP contribution in [0.3, 0.4) is 0 Å². The van der Waals surface area contributed by atoms with Crippen molar-refractivity contribution in [2.75, 3.05) is 12.4 Å².